The summed E-state index contributed by atoms with van der Waals surface area (Å²) in [6, 6.07) is 14.7. The van der Waals surface area contributed by atoms with Gasteiger partial charge in [0, 0.05) is 11.5 Å². The predicted molar refractivity (Wildman–Crippen MR) is 105 cm³/mol. The summed E-state index contributed by atoms with van der Waals surface area (Å²) in [5.74, 6) is 1.90. The van der Waals surface area contributed by atoms with E-state index in [1.54, 1.807) is 33.7 Å². The first-order valence-corrected chi connectivity index (χ1v) is 10.2. The van der Waals surface area contributed by atoms with Gasteiger partial charge in [-0.05, 0) is 34.9 Å². The summed E-state index contributed by atoms with van der Waals surface area (Å²) in [6.07, 6.45) is 1.76. The van der Waals surface area contributed by atoms with E-state index < -0.39 is 14.2 Å². The standard InChI is InChI=1S/C16H20B2O4S2/c19-17(20)15-5-1-3-13(11-15)7-9-23-24-10-8-14-4-2-6-16(12-14)18(21)22/h1-6,11-12,19-22H,7-10H2. The van der Waals surface area contributed by atoms with Crippen molar-refractivity contribution in [3.05, 3.63) is 59.7 Å². The number of hydrogen-bond donors (Lipinski definition) is 4. The van der Waals surface area contributed by atoms with Crippen LogP contribution in [0.2, 0.25) is 0 Å². The van der Waals surface area contributed by atoms with Crippen LogP contribution in [0.25, 0.3) is 0 Å². The van der Waals surface area contributed by atoms with Gasteiger partial charge >= 0.3 is 14.2 Å². The summed E-state index contributed by atoms with van der Waals surface area (Å²) in [7, 11) is 0.737. The molecule has 0 spiro atoms. The van der Waals surface area contributed by atoms with Crippen LogP contribution in [0.4, 0.5) is 0 Å². The van der Waals surface area contributed by atoms with Crippen LogP contribution in [-0.4, -0.2) is 45.8 Å². The van der Waals surface area contributed by atoms with E-state index >= 15 is 0 Å². The van der Waals surface area contributed by atoms with Gasteiger partial charge in [-0.2, -0.15) is 0 Å². The van der Waals surface area contributed by atoms with Crippen LogP contribution in [0.5, 0.6) is 0 Å². The van der Waals surface area contributed by atoms with Crippen LogP contribution in [-0.2, 0) is 12.8 Å². The third kappa shape index (κ3) is 6.55. The van der Waals surface area contributed by atoms with Gasteiger partial charge < -0.3 is 20.1 Å². The van der Waals surface area contributed by atoms with Crippen molar-refractivity contribution in [2.45, 2.75) is 12.8 Å². The molecule has 0 aliphatic carbocycles. The highest BCUT2D eigenvalue weighted by Crippen LogP contribution is 2.23. The lowest BCUT2D eigenvalue weighted by atomic mass is 9.79. The minimum absolute atomic E-state index is 0.524. The van der Waals surface area contributed by atoms with Gasteiger partial charge in [0.15, 0.2) is 0 Å². The quantitative estimate of drug-likeness (QED) is 0.290. The molecule has 0 aliphatic heterocycles. The van der Waals surface area contributed by atoms with Crippen LogP contribution >= 0.6 is 21.6 Å². The van der Waals surface area contributed by atoms with Crippen LogP contribution in [0.1, 0.15) is 11.1 Å². The summed E-state index contributed by atoms with van der Waals surface area (Å²) in [5, 5.41) is 36.7. The van der Waals surface area contributed by atoms with Crippen molar-refractivity contribution in [1.29, 1.82) is 0 Å². The van der Waals surface area contributed by atoms with E-state index in [9.17, 15) is 0 Å². The van der Waals surface area contributed by atoms with Crippen molar-refractivity contribution in [1.82, 2.24) is 0 Å². The summed E-state index contributed by atoms with van der Waals surface area (Å²) >= 11 is 0. The van der Waals surface area contributed by atoms with Gasteiger partial charge in [-0.1, -0.05) is 70.1 Å². The molecular weight excluding hydrogens is 342 g/mol. The Hall–Kier alpha value is -0.890. The smallest absolute Gasteiger partial charge is 0.423 e. The molecule has 0 heterocycles. The van der Waals surface area contributed by atoms with Crippen LogP contribution in [0.15, 0.2) is 48.5 Å². The maximum absolute atomic E-state index is 9.17. The van der Waals surface area contributed by atoms with E-state index in [4.69, 9.17) is 20.1 Å². The van der Waals surface area contributed by atoms with Crippen LogP contribution in [0, 0.1) is 0 Å². The van der Waals surface area contributed by atoms with E-state index in [0.29, 0.717) is 10.9 Å². The van der Waals surface area contributed by atoms with Crippen molar-refractivity contribution in [3.63, 3.8) is 0 Å². The summed E-state index contributed by atoms with van der Waals surface area (Å²) in [4.78, 5) is 0. The molecule has 24 heavy (non-hydrogen) atoms. The second kappa shape index (κ2) is 10.2. The molecule has 2 aromatic carbocycles. The van der Waals surface area contributed by atoms with Gasteiger partial charge in [0.2, 0.25) is 0 Å². The Labute approximate surface area is 151 Å². The average Bonchev–Trinajstić information content (AvgIpc) is 2.58. The molecule has 2 aromatic rings. The van der Waals surface area contributed by atoms with Crippen molar-refractivity contribution in [3.8, 4) is 0 Å². The zero-order chi connectivity index (χ0) is 17.4. The number of benzene rings is 2. The van der Waals surface area contributed by atoms with Crippen molar-refractivity contribution in [2.24, 2.45) is 0 Å². The van der Waals surface area contributed by atoms with E-state index in [0.717, 1.165) is 35.5 Å². The molecule has 0 aliphatic rings. The van der Waals surface area contributed by atoms with Crippen LogP contribution in [0.3, 0.4) is 0 Å². The van der Waals surface area contributed by atoms with Gasteiger partial charge in [0.05, 0.1) is 0 Å². The maximum atomic E-state index is 9.17. The topological polar surface area (TPSA) is 80.9 Å². The van der Waals surface area contributed by atoms with Gasteiger partial charge in [-0.25, -0.2) is 0 Å². The second-order valence-corrected chi connectivity index (χ2v) is 8.08. The number of rotatable bonds is 9. The fraction of sp³-hybridized carbons (Fsp3) is 0.250. The highest BCUT2D eigenvalue weighted by Gasteiger charge is 2.11. The Morgan fingerprint density at radius 1 is 0.667 bits per heavy atom. The molecule has 126 valence electrons. The van der Waals surface area contributed by atoms with E-state index in [1.807, 2.05) is 36.4 Å². The Morgan fingerprint density at radius 2 is 1.08 bits per heavy atom. The molecule has 2 rings (SSSR count). The molecule has 0 saturated carbocycles. The first-order chi connectivity index (χ1) is 11.6. The largest absolute Gasteiger partial charge is 0.488 e. The normalized spacial score (nSPS) is 10.7. The maximum Gasteiger partial charge on any atom is 0.488 e. The first-order valence-electron chi connectivity index (χ1n) is 7.70. The molecule has 4 N–H and O–H groups in total. The third-order valence-electron chi connectivity index (χ3n) is 3.53. The molecule has 8 heteroatoms. The zero-order valence-electron chi connectivity index (χ0n) is 13.2. The second-order valence-electron chi connectivity index (χ2n) is 5.38. The SMILES string of the molecule is OB(O)c1cccc(CCSSCCc2cccc(B(O)O)c2)c1. The molecular formula is C16H20B2O4S2. The lowest BCUT2D eigenvalue weighted by Gasteiger charge is -2.06. The third-order valence-corrected chi connectivity index (χ3v) is 5.94. The molecule has 0 saturated heterocycles. The van der Waals surface area contributed by atoms with Gasteiger partial charge in [0.1, 0.15) is 0 Å². The highest BCUT2D eigenvalue weighted by molar-refractivity contribution is 8.76. The molecule has 0 aromatic heterocycles. The fourth-order valence-electron chi connectivity index (χ4n) is 2.26. The summed E-state index contributed by atoms with van der Waals surface area (Å²) in [5.41, 5.74) is 3.24. The average molecular weight is 362 g/mol. The fourth-order valence-corrected chi connectivity index (χ4v) is 4.34. The lowest BCUT2D eigenvalue weighted by Crippen LogP contribution is -2.29. The van der Waals surface area contributed by atoms with Crippen molar-refractivity contribution >= 4 is 46.8 Å². The Bertz CT molecular complexity index is 585. The molecule has 4 nitrogen and oxygen atoms in total. The Morgan fingerprint density at radius 3 is 1.46 bits per heavy atom. The zero-order valence-corrected chi connectivity index (χ0v) is 14.8. The summed E-state index contributed by atoms with van der Waals surface area (Å²) < 4.78 is 0. The van der Waals surface area contributed by atoms with Crippen molar-refractivity contribution < 1.29 is 20.1 Å². The molecule has 0 radical (unpaired) electrons. The minimum atomic E-state index is -1.42. The molecule has 0 bridgehead atoms. The lowest BCUT2D eigenvalue weighted by molar-refractivity contribution is 0.424. The van der Waals surface area contributed by atoms with Gasteiger partial charge in [-0.3, -0.25) is 0 Å². The number of aryl methyl sites for hydroxylation is 2. The van der Waals surface area contributed by atoms with E-state index in [-0.39, 0.29) is 0 Å². The first kappa shape index (κ1) is 19.4. The van der Waals surface area contributed by atoms with Crippen LogP contribution < -0.4 is 10.9 Å². The Balaban J connectivity index is 1.67. The summed E-state index contributed by atoms with van der Waals surface area (Å²) in [6.45, 7) is 0. The van der Waals surface area contributed by atoms with E-state index in [2.05, 4.69) is 0 Å². The van der Waals surface area contributed by atoms with Gasteiger partial charge in [-0.15, -0.1) is 0 Å². The Kier molecular flexibility index (Phi) is 8.24. The predicted octanol–water partition coefficient (Wildman–Crippen LogP) is 0.213. The monoisotopic (exact) mass is 362 g/mol. The molecule has 0 atom stereocenters. The highest BCUT2D eigenvalue weighted by atomic mass is 33.1. The van der Waals surface area contributed by atoms with E-state index in [1.165, 1.54) is 0 Å². The minimum Gasteiger partial charge on any atom is -0.423 e. The van der Waals surface area contributed by atoms with Gasteiger partial charge in [0.25, 0.3) is 0 Å². The number of hydrogen-bond acceptors (Lipinski definition) is 6. The van der Waals surface area contributed by atoms with Crippen molar-refractivity contribution in [2.75, 3.05) is 11.5 Å². The molecule has 0 unspecified atom stereocenters. The molecule has 0 fully saturated rings. The molecule has 0 amide bonds.